The lowest BCUT2D eigenvalue weighted by Crippen LogP contribution is -2.37. The van der Waals surface area contributed by atoms with E-state index in [0.29, 0.717) is 12.2 Å². The zero-order valence-corrected chi connectivity index (χ0v) is 13.0. The van der Waals surface area contributed by atoms with Crippen LogP contribution in [0.2, 0.25) is 0 Å². The van der Waals surface area contributed by atoms with Crippen molar-refractivity contribution in [3.8, 4) is 5.75 Å². The molecule has 1 heterocycles. The zero-order valence-electron chi connectivity index (χ0n) is 13.0. The van der Waals surface area contributed by atoms with E-state index in [1.165, 1.54) is 0 Å². The number of hydrogen-bond acceptors (Lipinski definition) is 3. The molecule has 4 nitrogen and oxygen atoms in total. The number of benzene rings is 2. The summed E-state index contributed by atoms with van der Waals surface area (Å²) in [6, 6.07) is 17.1. The van der Waals surface area contributed by atoms with Gasteiger partial charge in [-0.15, -0.1) is 0 Å². The number of aliphatic hydroxyl groups excluding tert-OH is 1. The number of rotatable bonds is 5. The number of carbonyl (C=O) groups excluding carboxylic acids is 1. The maximum Gasteiger partial charge on any atom is 0.254 e. The minimum Gasteiger partial charge on any atom is -0.489 e. The number of aliphatic hydroxyl groups is 1. The lowest BCUT2D eigenvalue weighted by atomic mass is 10.1. The Hall–Kier alpha value is -2.33. The largest absolute Gasteiger partial charge is 0.489 e. The molecule has 0 radical (unpaired) electrons. The molecule has 120 valence electrons. The molecule has 2 aromatic rings. The molecule has 1 N–H and O–H groups in total. The van der Waals surface area contributed by atoms with E-state index in [1.54, 1.807) is 17.0 Å². The number of likely N-dealkylation sites (tertiary alicyclic amines) is 1. The van der Waals surface area contributed by atoms with Crippen LogP contribution in [0.25, 0.3) is 0 Å². The van der Waals surface area contributed by atoms with Crippen LogP contribution in [-0.2, 0) is 6.61 Å². The smallest absolute Gasteiger partial charge is 0.254 e. The first-order valence-electron chi connectivity index (χ1n) is 7.96. The summed E-state index contributed by atoms with van der Waals surface area (Å²) in [7, 11) is 0. The molecule has 1 aliphatic heterocycles. The fourth-order valence-corrected chi connectivity index (χ4v) is 2.89. The van der Waals surface area contributed by atoms with Gasteiger partial charge in [0, 0.05) is 12.1 Å². The Kier molecular flexibility index (Phi) is 4.93. The highest BCUT2D eigenvalue weighted by molar-refractivity contribution is 5.94. The summed E-state index contributed by atoms with van der Waals surface area (Å²) in [5.74, 6) is 0.724. The molecule has 0 unspecified atom stereocenters. The molecule has 1 saturated heterocycles. The van der Waals surface area contributed by atoms with Gasteiger partial charge >= 0.3 is 0 Å². The Labute approximate surface area is 136 Å². The van der Waals surface area contributed by atoms with Gasteiger partial charge in [-0.05, 0) is 42.7 Å². The number of nitrogens with zero attached hydrogens (tertiary/aromatic N) is 1. The summed E-state index contributed by atoms with van der Waals surface area (Å²) < 4.78 is 5.73. The van der Waals surface area contributed by atoms with Crippen LogP contribution in [0.5, 0.6) is 5.75 Å². The van der Waals surface area contributed by atoms with Gasteiger partial charge in [-0.25, -0.2) is 0 Å². The quantitative estimate of drug-likeness (QED) is 0.924. The van der Waals surface area contributed by atoms with E-state index >= 15 is 0 Å². The Balaban J connectivity index is 1.61. The topological polar surface area (TPSA) is 49.8 Å². The third-order valence-corrected chi connectivity index (χ3v) is 4.20. The van der Waals surface area contributed by atoms with Crippen LogP contribution in [0.1, 0.15) is 28.8 Å². The minimum absolute atomic E-state index is 0.0174. The molecule has 1 amide bonds. The second-order valence-electron chi connectivity index (χ2n) is 5.78. The Morgan fingerprint density at radius 3 is 2.57 bits per heavy atom. The second kappa shape index (κ2) is 7.29. The minimum atomic E-state index is -0.0449. The van der Waals surface area contributed by atoms with E-state index in [9.17, 15) is 9.90 Å². The average molecular weight is 311 g/mol. The highest BCUT2D eigenvalue weighted by Crippen LogP contribution is 2.21. The summed E-state index contributed by atoms with van der Waals surface area (Å²) in [4.78, 5) is 14.2. The SMILES string of the molecule is O=C(c1ccc(OCc2ccccc2)cc1)N1CCC[C@@H]1CO. The van der Waals surface area contributed by atoms with E-state index in [0.717, 1.165) is 30.7 Å². The molecule has 0 bridgehead atoms. The number of ether oxygens (including phenoxy) is 1. The van der Waals surface area contributed by atoms with Gasteiger partial charge in [-0.2, -0.15) is 0 Å². The Morgan fingerprint density at radius 2 is 1.87 bits per heavy atom. The number of hydrogen-bond donors (Lipinski definition) is 1. The summed E-state index contributed by atoms with van der Waals surface area (Å²) in [5.41, 5.74) is 1.74. The molecule has 23 heavy (non-hydrogen) atoms. The normalized spacial score (nSPS) is 17.3. The van der Waals surface area contributed by atoms with Crippen molar-refractivity contribution in [1.29, 1.82) is 0 Å². The summed E-state index contributed by atoms with van der Waals surface area (Å²) in [5, 5.41) is 9.34. The fourth-order valence-electron chi connectivity index (χ4n) is 2.89. The molecule has 1 aliphatic rings. The van der Waals surface area contributed by atoms with Crippen molar-refractivity contribution in [3.63, 3.8) is 0 Å². The zero-order chi connectivity index (χ0) is 16.1. The third-order valence-electron chi connectivity index (χ3n) is 4.20. The third kappa shape index (κ3) is 3.71. The summed E-state index contributed by atoms with van der Waals surface area (Å²) in [6.45, 7) is 1.26. The van der Waals surface area contributed by atoms with Crippen molar-refractivity contribution in [1.82, 2.24) is 4.90 Å². The molecule has 1 fully saturated rings. The van der Waals surface area contributed by atoms with Gasteiger partial charge in [0.1, 0.15) is 12.4 Å². The molecule has 4 heteroatoms. The predicted octanol–water partition coefficient (Wildman–Crippen LogP) is 2.86. The van der Waals surface area contributed by atoms with E-state index in [-0.39, 0.29) is 18.6 Å². The van der Waals surface area contributed by atoms with Gasteiger partial charge in [0.25, 0.3) is 5.91 Å². The van der Waals surface area contributed by atoms with Crippen LogP contribution in [0, 0.1) is 0 Å². The van der Waals surface area contributed by atoms with Crippen LogP contribution in [0.4, 0.5) is 0 Å². The highest BCUT2D eigenvalue weighted by Gasteiger charge is 2.28. The molecular formula is C19H21NO3. The maximum absolute atomic E-state index is 12.5. The van der Waals surface area contributed by atoms with E-state index in [1.807, 2.05) is 42.5 Å². The maximum atomic E-state index is 12.5. The average Bonchev–Trinajstić information content (AvgIpc) is 3.09. The number of amides is 1. The monoisotopic (exact) mass is 311 g/mol. The number of carbonyl (C=O) groups is 1. The molecule has 0 spiro atoms. The first-order chi connectivity index (χ1) is 11.3. The van der Waals surface area contributed by atoms with Crippen molar-refractivity contribution in [2.75, 3.05) is 13.2 Å². The molecule has 0 aliphatic carbocycles. The lowest BCUT2D eigenvalue weighted by Gasteiger charge is -2.23. The molecule has 0 aromatic heterocycles. The van der Waals surface area contributed by atoms with Gasteiger partial charge in [-0.1, -0.05) is 30.3 Å². The van der Waals surface area contributed by atoms with Gasteiger partial charge in [0.2, 0.25) is 0 Å². The van der Waals surface area contributed by atoms with Crippen molar-refractivity contribution in [2.24, 2.45) is 0 Å². The van der Waals surface area contributed by atoms with E-state index in [4.69, 9.17) is 4.74 Å². The molecule has 3 rings (SSSR count). The summed E-state index contributed by atoms with van der Waals surface area (Å²) in [6.07, 6.45) is 1.83. The van der Waals surface area contributed by atoms with Crippen LogP contribution < -0.4 is 4.74 Å². The van der Waals surface area contributed by atoms with Crippen molar-refractivity contribution >= 4 is 5.91 Å². The van der Waals surface area contributed by atoms with Gasteiger partial charge in [-0.3, -0.25) is 4.79 Å². The van der Waals surface area contributed by atoms with E-state index in [2.05, 4.69) is 0 Å². The summed E-state index contributed by atoms with van der Waals surface area (Å²) >= 11 is 0. The van der Waals surface area contributed by atoms with Crippen LogP contribution in [-0.4, -0.2) is 35.1 Å². The molecular weight excluding hydrogens is 290 g/mol. The molecule has 1 atom stereocenters. The van der Waals surface area contributed by atoms with Crippen molar-refractivity contribution < 1.29 is 14.6 Å². The van der Waals surface area contributed by atoms with E-state index < -0.39 is 0 Å². The Bertz CT molecular complexity index is 639. The lowest BCUT2D eigenvalue weighted by molar-refractivity contribution is 0.0677. The fraction of sp³-hybridized carbons (Fsp3) is 0.316. The second-order valence-corrected chi connectivity index (χ2v) is 5.78. The standard InChI is InChI=1S/C19H21NO3/c21-13-17-7-4-12-20(17)19(22)16-8-10-18(11-9-16)23-14-15-5-2-1-3-6-15/h1-3,5-6,8-11,17,21H,4,7,12-14H2/t17-/m1/s1. The van der Waals surface area contributed by atoms with Crippen molar-refractivity contribution in [2.45, 2.75) is 25.5 Å². The Morgan fingerprint density at radius 1 is 1.13 bits per heavy atom. The van der Waals surface area contributed by atoms with Crippen LogP contribution >= 0.6 is 0 Å². The molecule has 0 saturated carbocycles. The van der Waals surface area contributed by atoms with Crippen LogP contribution in [0.3, 0.4) is 0 Å². The first kappa shape index (κ1) is 15.6. The predicted molar refractivity (Wildman–Crippen MR) is 88.4 cm³/mol. The highest BCUT2D eigenvalue weighted by atomic mass is 16.5. The van der Waals surface area contributed by atoms with Crippen molar-refractivity contribution in [3.05, 3.63) is 65.7 Å². The van der Waals surface area contributed by atoms with Gasteiger partial charge in [0.15, 0.2) is 0 Å². The van der Waals surface area contributed by atoms with Gasteiger partial charge < -0.3 is 14.7 Å². The first-order valence-corrected chi connectivity index (χ1v) is 7.96. The molecule has 2 aromatic carbocycles. The van der Waals surface area contributed by atoms with Crippen LogP contribution in [0.15, 0.2) is 54.6 Å². The van der Waals surface area contributed by atoms with Gasteiger partial charge in [0.05, 0.1) is 12.6 Å².